The highest BCUT2D eigenvalue weighted by Gasteiger charge is 2.21. The van der Waals surface area contributed by atoms with Crippen molar-refractivity contribution in [3.05, 3.63) is 29.3 Å². The molecule has 21 heavy (non-hydrogen) atoms. The lowest BCUT2D eigenvalue weighted by atomic mass is 9.89. The van der Waals surface area contributed by atoms with Crippen molar-refractivity contribution in [2.24, 2.45) is 5.41 Å². The number of hydrogen-bond donors (Lipinski definition) is 2. The molecule has 4 nitrogen and oxygen atoms in total. The van der Waals surface area contributed by atoms with Crippen LogP contribution in [0.5, 0.6) is 0 Å². The van der Waals surface area contributed by atoms with Crippen molar-refractivity contribution < 1.29 is 13.5 Å². The Morgan fingerprint density at radius 2 is 1.90 bits per heavy atom. The summed E-state index contributed by atoms with van der Waals surface area (Å²) in [6.07, 6.45) is 2.96. The van der Waals surface area contributed by atoms with Gasteiger partial charge >= 0.3 is 0 Å². The van der Waals surface area contributed by atoms with Gasteiger partial charge in [-0.3, -0.25) is 0 Å². The Hall–Kier alpha value is -0.910. The van der Waals surface area contributed by atoms with Gasteiger partial charge < -0.3 is 5.11 Å². The van der Waals surface area contributed by atoms with Crippen molar-refractivity contribution in [1.82, 2.24) is 4.72 Å². The third-order valence-electron chi connectivity index (χ3n) is 3.74. The smallest absolute Gasteiger partial charge is 0.240 e. The van der Waals surface area contributed by atoms with Crippen LogP contribution >= 0.6 is 0 Å². The van der Waals surface area contributed by atoms with Crippen LogP contribution < -0.4 is 4.72 Å². The van der Waals surface area contributed by atoms with E-state index in [1.807, 2.05) is 26.8 Å². The molecule has 2 rings (SSSR count). The fourth-order valence-corrected chi connectivity index (χ4v) is 3.91. The maximum atomic E-state index is 12.3. The lowest BCUT2D eigenvalue weighted by Gasteiger charge is -2.22. The van der Waals surface area contributed by atoms with Gasteiger partial charge in [0, 0.05) is 6.54 Å². The third kappa shape index (κ3) is 4.53. The Morgan fingerprint density at radius 3 is 2.57 bits per heavy atom. The molecule has 0 fully saturated rings. The first-order valence-corrected chi connectivity index (χ1v) is 8.95. The predicted octanol–water partition coefficient (Wildman–Crippen LogP) is 2.25. The van der Waals surface area contributed by atoms with E-state index in [0.717, 1.165) is 24.8 Å². The largest absolute Gasteiger partial charge is 0.392 e. The van der Waals surface area contributed by atoms with Crippen LogP contribution in [-0.4, -0.2) is 26.2 Å². The molecule has 0 saturated carbocycles. The fraction of sp³-hybridized carbons (Fsp3) is 0.625. The van der Waals surface area contributed by atoms with E-state index in [0.29, 0.717) is 11.3 Å². The number of aliphatic hydroxyl groups is 1. The van der Waals surface area contributed by atoms with Crippen molar-refractivity contribution in [1.29, 1.82) is 0 Å². The zero-order valence-corrected chi connectivity index (χ0v) is 13.8. The van der Waals surface area contributed by atoms with Crippen LogP contribution in [0.4, 0.5) is 0 Å². The number of rotatable bonds is 5. The molecule has 5 heteroatoms. The average molecular weight is 311 g/mol. The minimum atomic E-state index is -3.54. The van der Waals surface area contributed by atoms with Gasteiger partial charge in [0.1, 0.15) is 0 Å². The summed E-state index contributed by atoms with van der Waals surface area (Å²) in [7, 11) is -3.54. The number of aryl methyl sites for hydroxylation is 2. The standard InChI is InChI=1S/C16H25NO3S/c1-16(2,3)10-14(18)11-17-21(19,20)15-8-7-12-5-4-6-13(12)9-15/h7-9,14,17-18H,4-6,10-11H2,1-3H3. The monoisotopic (exact) mass is 311 g/mol. The second-order valence-corrected chi connectivity index (χ2v) is 8.82. The lowest BCUT2D eigenvalue weighted by Crippen LogP contribution is -2.34. The molecular formula is C16H25NO3S. The summed E-state index contributed by atoms with van der Waals surface area (Å²) in [6.45, 7) is 6.11. The maximum Gasteiger partial charge on any atom is 0.240 e. The van der Waals surface area contributed by atoms with Crippen LogP contribution in [-0.2, 0) is 22.9 Å². The van der Waals surface area contributed by atoms with Gasteiger partial charge in [-0.25, -0.2) is 13.1 Å². The third-order valence-corrected chi connectivity index (χ3v) is 5.16. The topological polar surface area (TPSA) is 66.4 Å². The SMILES string of the molecule is CC(C)(C)CC(O)CNS(=O)(=O)c1ccc2c(c1)CCC2. The van der Waals surface area contributed by atoms with E-state index in [9.17, 15) is 13.5 Å². The number of fused-ring (bicyclic) bond motifs is 1. The van der Waals surface area contributed by atoms with Crippen molar-refractivity contribution in [2.45, 2.75) is 57.5 Å². The summed E-state index contributed by atoms with van der Waals surface area (Å²) in [6, 6.07) is 5.33. The highest BCUT2D eigenvalue weighted by atomic mass is 32.2. The molecule has 2 N–H and O–H groups in total. The Bertz CT molecular complexity index is 602. The van der Waals surface area contributed by atoms with Crippen LogP contribution in [0.2, 0.25) is 0 Å². The molecule has 0 amide bonds. The summed E-state index contributed by atoms with van der Waals surface area (Å²) in [5.41, 5.74) is 2.35. The van der Waals surface area contributed by atoms with E-state index in [4.69, 9.17) is 0 Å². The van der Waals surface area contributed by atoms with Crippen LogP contribution in [0.15, 0.2) is 23.1 Å². The van der Waals surface area contributed by atoms with E-state index < -0.39 is 16.1 Å². The second-order valence-electron chi connectivity index (χ2n) is 7.05. The summed E-state index contributed by atoms with van der Waals surface area (Å²) in [4.78, 5) is 0.297. The molecule has 1 aromatic carbocycles. The number of benzene rings is 1. The molecule has 118 valence electrons. The predicted molar refractivity (Wildman–Crippen MR) is 83.7 cm³/mol. The molecule has 0 aliphatic heterocycles. The van der Waals surface area contributed by atoms with Gasteiger partial charge in [0.25, 0.3) is 0 Å². The second kappa shape index (κ2) is 6.07. The maximum absolute atomic E-state index is 12.3. The molecule has 0 heterocycles. The van der Waals surface area contributed by atoms with Crippen LogP contribution in [0.25, 0.3) is 0 Å². The number of sulfonamides is 1. The zero-order chi connectivity index (χ0) is 15.7. The van der Waals surface area contributed by atoms with Crippen LogP contribution in [0, 0.1) is 5.41 Å². The molecule has 0 bridgehead atoms. The Labute approximate surface area is 127 Å². The molecular weight excluding hydrogens is 286 g/mol. The highest BCUT2D eigenvalue weighted by molar-refractivity contribution is 7.89. The van der Waals surface area contributed by atoms with Gasteiger partial charge in [-0.1, -0.05) is 26.8 Å². The summed E-state index contributed by atoms with van der Waals surface area (Å²) in [5, 5.41) is 9.92. The first kappa shape index (κ1) is 16.5. The van der Waals surface area contributed by atoms with Crippen molar-refractivity contribution in [3.63, 3.8) is 0 Å². The Kier molecular flexibility index (Phi) is 4.76. The lowest BCUT2D eigenvalue weighted by molar-refractivity contribution is 0.125. The molecule has 1 aliphatic carbocycles. The number of aliphatic hydroxyl groups excluding tert-OH is 1. The molecule has 1 atom stereocenters. The number of hydrogen-bond acceptors (Lipinski definition) is 3. The average Bonchev–Trinajstić information content (AvgIpc) is 2.81. The summed E-state index contributed by atoms with van der Waals surface area (Å²) in [5.74, 6) is 0. The van der Waals surface area contributed by atoms with Gasteiger partial charge in [0.05, 0.1) is 11.0 Å². The Morgan fingerprint density at radius 1 is 1.24 bits per heavy atom. The van der Waals surface area contributed by atoms with Crippen molar-refractivity contribution >= 4 is 10.0 Å². The molecule has 1 aromatic rings. The van der Waals surface area contributed by atoms with Crippen LogP contribution in [0.3, 0.4) is 0 Å². The molecule has 0 spiro atoms. The minimum absolute atomic E-state index is 0.0293. The first-order chi connectivity index (χ1) is 9.67. The van der Waals surface area contributed by atoms with Crippen molar-refractivity contribution in [3.8, 4) is 0 Å². The fourth-order valence-electron chi connectivity index (χ4n) is 2.78. The summed E-state index contributed by atoms with van der Waals surface area (Å²) < 4.78 is 27.1. The van der Waals surface area contributed by atoms with E-state index in [1.54, 1.807) is 12.1 Å². The van der Waals surface area contributed by atoms with E-state index in [-0.39, 0.29) is 12.0 Å². The van der Waals surface area contributed by atoms with E-state index in [2.05, 4.69) is 4.72 Å². The molecule has 1 aliphatic rings. The molecule has 0 radical (unpaired) electrons. The minimum Gasteiger partial charge on any atom is -0.392 e. The molecule has 0 aromatic heterocycles. The van der Waals surface area contributed by atoms with E-state index in [1.165, 1.54) is 5.56 Å². The van der Waals surface area contributed by atoms with Gasteiger partial charge in [0.15, 0.2) is 0 Å². The van der Waals surface area contributed by atoms with Crippen molar-refractivity contribution in [2.75, 3.05) is 6.54 Å². The van der Waals surface area contributed by atoms with Gasteiger partial charge in [-0.05, 0) is 54.4 Å². The zero-order valence-electron chi connectivity index (χ0n) is 13.0. The van der Waals surface area contributed by atoms with E-state index >= 15 is 0 Å². The normalized spacial score (nSPS) is 16.8. The Balaban J connectivity index is 2.02. The van der Waals surface area contributed by atoms with Gasteiger partial charge in [-0.2, -0.15) is 0 Å². The van der Waals surface area contributed by atoms with Gasteiger partial charge in [-0.15, -0.1) is 0 Å². The highest BCUT2D eigenvalue weighted by Crippen LogP contribution is 2.25. The molecule has 0 saturated heterocycles. The van der Waals surface area contributed by atoms with Crippen LogP contribution in [0.1, 0.15) is 44.7 Å². The number of nitrogens with one attached hydrogen (secondary N) is 1. The quantitative estimate of drug-likeness (QED) is 0.876. The molecule has 1 unspecified atom stereocenters. The first-order valence-electron chi connectivity index (χ1n) is 7.47. The van der Waals surface area contributed by atoms with Gasteiger partial charge in [0.2, 0.25) is 10.0 Å². The summed E-state index contributed by atoms with van der Waals surface area (Å²) >= 11 is 0.